The van der Waals surface area contributed by atoms with Gasteiger partial charge in [0.2, 0.25) is 0 Å². The van der Waals surface area contributed by atoms with Crippen LogP contribution in [-0.4, -0.2) is 30.5 Å². The number of halogens is 7. The Morgan fingerprint density at radius 1 is 0.828 bits per heavy atom. The molecule has 1 aliphatic heterocycles. The highest BCUT2D eigenvalue weighted by molar-refractivity contribution is 5.85. The van der Waals surface area contributed by atoms with Crippen LogP contribution in [0, 0.1) is 5.92 Å². The van der Waals surface area contributed by atoms with Crippen molar-refractivity contribution >= 4 is 12.4 Å². The molecule has 0 radical (unpaired) electrons. The van der Waals surface area contributed by atoms with Gasteiger partial charge in [0.05, 0.1) is 0 Å². The molecule has 0 amide bonds. The van der Waals surface area contributed by atoms with Gasteiger partial charge in [-0.15, -0.1) is 12.4 Å². The standard InChI is InChI=1S/C20H19F6NO.ClH/c21-19(22,23)18(28,20(24,25)26)16-8-6-14(7-9-16)17-12-27-11-15(17)10-13-4-2-1-3-5-13;/h1-9,15,17,27-28H,10-12H2;1H/t15-,17+;/m1./s1. The zero-order valence-corrected chi connectivity index (χ0v) is 15.9. The molecule has 0 bridgehead atoms. The molecule has 1 aliphatic rings. The van der Waals surface area contributed by atoms with E-state index >= 15 is 0 Å². The molecule has 0 unspecified atom stereocenters. The monoisotopic (exact) mass is 439 g/mol. The summed E-state index contributed by atoms with van der Waals surface area (Å²) in [5.41, 5.74) is -4.37. The molecule has 3 rings (SSSR count). The molecule has 2 atom stereocenters. The number of hydrogen-bond donors (Lipinski definition) is 2. The first-order valence-corrected chi connectivity index (χ1v) is 8.75. The van der Waals surface area contributed by atoms with Crippen molar-refractivity contribution in [2.75, 3.05) is 13.1 Å². The number of nitrogens with one attached hydrogen (secondary N) is 1. The largest absolute Gasteiger partial charge is 0.430 e. The smallest absolute Gasteiger partial charge is 0.369 e. The second-order valence-electron chi connectivity index (χ2n) is 7.04. The minimum Gasteiger partial charge on any atom is -0.369 e. The minimum absolute atomic E-state index is 0. The predicted octanol–water partition coefficient (Wildman–Crippen LogP) is 4.97. The van der Waals surface area contributed by atoms with Crippen molar-refractivity contribution in [3.05, 3.63) is 71.3 Å². The maximum Gasteiger partial charge on any atom is 0.430 e. The van der Waals surface area contributed by atoms with E-state index in [2.05, 4.69) is 5.32 Å². The maximum absolute atomic E-state index is 13.0. The van der Waals surface area contributed by atoms with E-state index in [-0.39, 0.29) is 24.2 Å². The lowest BCUT2D eigenvalue weighted by Gasteiger charge is -2.33. The van der Waals surface area contributed by atoms with Gasteiger partial charge in [-0.25, -0.2) is 0 Å². The Morgan fingerprint density at radius 2 is 1.38 bits per heavy atom. The Kier molecular flexibility index (Phi) is 6.92. The van der Waals surface area contributed by atoms with Gasteiger partial charge in [-0.05, 0) is 30.0 Å². The van der Waals surface area contributed by atoms with Gasteiger partial charge in [0.15, 0.2) is 0 Å². The van der Waals surface area contributed by atoms with E-state index < -0.39 is 23.5 Å². The van der Waals surface area contributed by atoms with Crippen LogP contribution in [0.5, 0.6) is 0 Å². The van der Waals surface area contributed by atoms with Gasteiger partial charge in [-0.3, -0.25) is 0 Å². The third kappa shape index (κ3) is 4.54. The summed E-state index contributed by atoms with van der Waals surface area (Å²) >= 11 is 0. The molecule has 1 fully saturated rings. The number of alkyl halides is 6. The van der Waals surface area contributed by atoms with E-state index in [4.69, 9.17) is 0 Å². The summed E-state index contributed by atoms with van der Waals surface area (Å²) in [6.45, 7) is 1.29. The average Bonchev–Trinajstić information content (AvgIpc) is 3.08. The normalized spacial score (nSPS) is 20.4. The van der Waals surface area contributed by atoms with Gasteiger partial charge in [-0.2, -0.15) is 26.3 Å². The van der Waals surface area contributed by atoms with Gasteiger partial charge in [0.25, 0.3) is 5.60 Å². The van der Waals surface area contributed by atoms with Crippen LogP contribution in [0.2, 0.25) is 0 Å². The number of hydrogen-bond acceptors (Lipinski definition) is 2. The maximum atomic E-state index is 13.0. The molecule has 1 saturated heterocycles. The highest BCUT2D eigenvalue weighted by Crippen LogP contribution is 2.50. The summed E-state index contributed by atoms with van der Waals surface area (Å²) in [4.78, 5) is 0. The molecule has 2 aromatic carbocycles. The summed E-state index contributed by atoms with van der Waals surface area (Å²) in [6, 6.07) is 13.6. The van der Waals surface area contributed by atoms with Gasteiger partial charge in [-0.1, -0.05) is 54.6 Å². The molecule has 2 nitrogen and oxygen atoms in total. The highest BCUT2D eigenvalue weighted by Gasteiger charge is 2.71. The first-order chi connectivity index (χ1) is 13.0. The van der Waals surface area contributed by atoms with E-state index in [0.717, 1.165) is 12.0 Å². The summed E-state index contributed by atoms with van der Waals surface area (Å²) in [5.74, 6) is 0.122. The second-order valence-corrected chi connectivity index (χ2v) is 7.04. The summed E-state index contributed by atoms with van der Waals surface area (Å²) < 4.78 is 78.1. The number of rotatable bonds is 4. The van der Waals surface area contributed by atoms with Crippen molar-refractivity contribution < 1.29 is 31.4 Å². The molecule has 2 aromatic rings. The van der Waals surface area contributed by atoms with Crippen molar-refractivity contribution in [1.82, 2.24) is 5.32 Å². The Morgan fingerprint density at radius 3 is 1.90 bits per heavy atom. The van der Waals surface area contributed by atoms with Crippen molar-refractivity contribution in [3.63, 3.8) is 0 Å². The fourth-order valence-corrected chi connectivity index (χ4v) is 3.71. The molecular formula is C20H20ClF6NO. The van der Waals surface area contributed by atoms with E-state index in [1.165, 1.54) is 12.1 Å². The Labute approximate surface area is 170 Å². The van der Waals surface area contributed by atoms with Crippen LogP contribution >= 0.6 is 12.4 Å². The zero-order chi connectivity index (χ0) is 20.6. The molecule has 9 heteroatoms. The lowest BCUT2D eigenvalue weighted by Crippen LogP contribution is -2.53. The molecule has 1 heterocycles. The Balaban J connectivity index is 0.00000300. The predicted molar refractivity (Wildman–Crippen MR) is 98.9 cm³/mol. The summed E-state index contributed by atoms with van der Waals surface area (Å²) in [5, 5.41) is 12.7. The third-order valence-corrected chi connectivity index (χ3v) is 5.26. The fourth-order valence-electron chi connectivity index (χ4n) is 3.71. The summed E-state index contributed by atoms with van der Waals surface area (Å²) in [7, 11) is 0. The Hall–Kier alpha value is -1.77. The molecule has 0 aromatic heterocycles. The first kappa shape index (κ1) is 23.5. The topological polar surface area (TPSA) is 32.3 Å². The van der Waals surface area contributed by atoms with Gasteiger partial charge in [0, 0.05) is 18.0 Å². The van der Waals surface area contributed by atoms with Crippen LogP contribution in [0.15, 0.2) is 54.6 Å². The van der Waals surface area contributed by atoms with Crippen molar-refractivity contribution in [3.8, 4) is 0 Å². The van der Waals surface area contributed by atoms with Crippen LogP contribution in [0.3, 0.4) is 0 Å². The average molecular weight is 440 g/mol. The van der Waals surface area contributed by atoms with Crippen LogP contribution in [0.1, 0.15) is 22.6 Å². The molecular weight excluding hydrogens is 420 g/mol. The van der Waals surface area contributed by atoms with E-state index in [1.807, 2.05) is 30.3 Å². The van der Waals surface area contributed by atoms with Gasteiger partial charge >= 0.3 is 12.4 Å². The van der Waals surface area contributed by atoms with Gasteiger partial charge in [0.1, 0.15) is 0 Å². The van der Waals surface area contributed by atoms with Crippen LogP contribution in [0.25, 0.3) is 0 Å². The third-order valence-electron chi connectivity index (χ3n) is 5.26. The molecule has 160 valence electrons. The van der Waals surface area contributed by atoms with Crippen LogP contribution in [0.4, 0.5) is 26.3 Å². The van der Waals surface area contributed by atoms with Crippen LogP contribution < -0.4 is 5.32 Å². The minimum atomic E-state index is -5.88. The first-order valence-electron chi connectivity index (χ1n) is 8.75. The molecule has 2 N–H and O–H groups in total. The fraction of sp³-hybridized carbons (Fsp3) is 0.400. The van der Waals surface area contributed by atoms with Crippen molar-refractivity contribution in [2.24, 2.45) is 5.92 Å². The quantitative estimate of drug-likeness (QED) is 0.659. The number of aliphatic hydroxyl groups is 1. The lowest BCUT2D eigenvalue weighted by atomic mass is 9.83. The molecule has 0 saturated carbocycles. The molecule has 29 heavy (non-hydrogen) atoms. The SMILES string of the molecule is Cl.OC(c1ccc([C@@H]2CNC[C@H]2Cc2ccccc2)cc1)(C(F)(F)F)C(F)(F)F. The second kappa shape index (κ2) is 8.53. The lowest BCUT2D eigenvalue weighted by molar-refractivity contribution is -0.376. The Bertz CT molecular complexity index is 777. The summed E-state index contributed by atoms with van der Waals surface area (Å²) in [6.07, 6.45) is -11.0. The molecule has 0 aliphatic carbocycles. The van der Waals surface area contributed by atoms with E-state index in [0.29, 0.717) is 30.8 Å². The van der Waals surface area contributed by atoms with E-state index in [1.54, 1.807) is 0 Å². The number of benzene rings is 2. The van der Waals surface area contributed by atoms with Crippen molar-refractivity contribution in [2.45, 2.75) is 30.3 Å². The van der Waals surface area contributed by atoms with Crippen molar-refractivity contribution in [1.29, 1.82) is 0 Å². The van der Waals surface area contributed by atoms with Gasteiger partial charge < -0.3 is 10.4 Å². The molecule has 0 spiro atoms. The van der Waals surface area contributed by atoms with E-state index in [9.17, 15) is 31.4 Å². The highest BCUT2D eigenvalue weighted by atomic mass is 35.5. The van der Waals surface area contributed by atoms with Crippen LogP contribution in [-0.2, 0) is 12.0 Å². The zero-order valence-electron chi connectivity index (χ0n) is 15.1.